The zero-order valence-electron chi connectivity index (χ0n) is 17.6. The van der Waals surface area contributed by atoms with Gasteiger partial charge in [-0.2, -0.15) is 0 Å². The fourth-order valence-corrected chi connectivity index (χ4v) is 5.81. The van der Waals surface area contributed by atoms with Gasteiger partial charge in [-0.1, -0.05) is 36.4 Å². The minimum atomic E-state index is 0.0934. The molecule has 0 aliphatic carbocycles. The summed E-state index contributed by atoms with van der Waals surface area (Å²) in [6.45, 7) is 3.93. The molecule has 1 unspecified atom stereocenters. The second kappa shape index (κ2) is 7.25. The molecule has 1 aliphatic heterocycles. The fourth-order valence-electron chi connectivity index (χ4n) is 5.03. The first-order chi connectivity index (χ1) is 15.2. The van der Waals surface area contributed by atoms with Gasteiger partial charge in [0.1, 0.15) is 5.75 Å². The summed E-state index contributed by atoms with van der Waals surface area (Å²) < 4.78 is 8.03. The van der Waals surface area contributed by atoms with E-state index in [4.69, 9.17) is 9.72 Å². The monoisotopic (exact) mass is 428 g/mol. The van der Waals surface area contributed by atoms with E-state index in [1.807, 2.05) is 6.07 Å². The topological polar surface area (TPSA) is 45.6 Å². The van der Waals surface area contributed by atoms with Gasteiger partial charge in [0.15, 0.2) is 4.96 Å². The average molecular weight is 429 g/mol. The SMILES string of the molecule is COc1ccccc1C1c2[nH]c3ccccc3c2CCN1Cc1c(C)nc2sccn12. The number of nitrogens with zero attached hydrogens (tertiary/aromatic N) is 3. The molecule has 0 amide bonds. The van der Waals surface area contributed by atoms with E-state index in [1.54, 1.807) is 18.4 Å². The van der Waals surface area contributed by atoms with Crippen LogP contribution in [0.4, 0.5) is 0 Å². The lowest BCUT2D eigenvalue weighted by atomic mass is 9.91. The summed E-state index contributed by atoms with van der Waals surface area (Å²) in [6.07, 6.45) is 3.15. The summed E-state index contributed by atoms with van der Waals surface area (Å²) >= 11 is 1.69. The molecule has 156 valence electrons. The third-order valence-corrected chi connectivity index (χ3v) is 7.24. The van der Waals surface area contributed by atoms with Crippen molar-refractivity contribution in [3.8, 4) is 5.75 Å². The number of aromatic nitrogens is 3. The van der Waals surface area contributed by atoms with Crippen LogP contribution in [0.5, 0.6) is 5.75 Å². The van der Waals surface area contributed by atoms with E-state index in [0.717, 1.165) is 35.9 Å². The molecule has 6 heteroatoms. The Balaban J connectivity index is 1.52. The first-order valence-corrected chi connectivity index (χ1v) is 11.5. The number of nitrogens with one attached hydrogen (secondary N) is 1. The van der Waals surface area contributed by atoms with Gasteiger partial charge < -0.3 is 9.72 Å². The van der Waals surface area contributed by atoms with Crippen LogP contribution < -0.4 is 4.74 Å². The van der Waals surface area contributed by atoms with Crippen LogP contribution in [0.3, 0.4) is 0 Å². The lowest BCUT2D eigenvalue weighted by molar-refractivity contribution is 0.195. The smallest absolute Gasteiger partial charge is 0.194 e. The fraction of sp³-hybridized carbons (Fsp3) is 0.240. The molecule has 5 aromatic rings. The molecule has 2 aromatic carbocycles. The highest BCUT2D eigenvalue weighted by Crippen LogP contribution is 2.42. The number of methoxy groups -OCH3 is 1. The largest absolute Gasteiger partial charge is 0.496 e. The van der Waals surface area contributed by atoms with E-state index in [0.29, 0.717) is 0 Å². The van der Waals surface area contributed by atoms with Crippen molar-refractivity contribution < 1.29 is 4.74 Å². The van der Waals surface area contributed by atoms with Crippen molar-refractivity contribution in [3.05, 3.63) is 88.3 Å². The lowest BCUT2D eigenvalue weighted by Crippen LogP contribution is -2.36. The van der Waals surface area contributed by atoms with Gasteiger partial charge in [0.2, 0.25) is 0 Å². The molecule has 0 saturated heterocycles. The van der Waals surface area contributed by atoms with Crippen LogP contribution in [0.15, 0.2) is 60.1 Å². The Kier molecular flexibility index (Phi) is 4.37. The number of H-pyrrole nitrogens is 1. The molecule has 1 atom stereocenters. The Bertz CT molecular complexity index is 1400. The highest BCUT2D eigenvalue weighted by Gasteiger charge is 2.34. The summed E-state index contributed by atoms with van der Waals surface area (Å²) in [5.74, 6) is 0.926. The van der Waals surface area contributed by atoms with E-state index in [1.165, 1.54) is 33.4 Å². The van der Waals surface area contributed by atoms with Crippen LogP contribution in [-0.4, -0.2) is 32.9 Å². The Morgan fingerprint density at radius 1 is 1.16 bits per heavy atom. The van der Waals surface area contributed by atoms with Crippen molar-refractivity contribution in [1.82, 2.24) is 19.3 Å². The van der Waals surface area contributed by atoms with Crippen molar-refractivity contribution in [2.45, 2.75) is 25.9 Å². The van der Waals surface area contributed by atoms with E-state index in [-0.39, 0.29) is 6.04 Å². The van der Waals surface area contributed by atoms with Gasteiger partial charge in [-0.25, -0.2) is 4.98 Å². The summed E-state index contributed by atoms with van der Waals surface area (Å²) in [5, 5.41) is 3.44. The van der Waals surface area contributed by atoms with Gasteiger partial charge in [-0.05, 0) is 31.0 Å². The van der Waals surface area contributed by atoms with Gasteiger partial charge in [0, 0.05) is 46.8 Å². The summed E-state index contributed by atoms with van der Waals surface area (Å²) in [5.41, 5.74) is 7.47. The van der Waals surface area contributed by atoms with Crippen molar-refractivity contribution in [2.24, 2.45) is 0 Å². The molecule has 4 heterocycles. The van der Waals surface area contributed by atoms with Crippen LogP contribution in [0.1, 0.15) is 34.3 Å². The molecule has 0 saturated carbocycles. The van der Waals surface area contributed by atoms with Gasteiger partial charge in [0.25, 0.3) is 0 Å². The van der Waals surface area contributed by atoms with E-state index < -0.39 is 0 Å². The highest BCUT2D eigenvalue weighted by molar-refractivity contribution is 7.15. The summed E-state index contributed by atoms with van der Waals surface area (Å²) in [4.78, 5) is 12.1. The van der Waals surface area contributed by atoms with Gasteiger partial charge >= 0.3 is 0 Å². The van der Waals surface area contributed by atoms with Crippen molar-refractivity contribution in [2.75, 3.05) is 13.7 Å². The number of aromatic amines is 1. The van der Waals surface area contributed by atoms with Crippen LogP contribution in [-0.2, 0) is 13.0 Å². The van der Waals surface area contributed by atoms with Crippen LogP contribution in [0.25, 0.3) is 15.9 Å². The van der Waals surface area contributed by atoms with Crippen molar-refractivity contribution >= 4 is 27.2 Å². The number of thiazole rings is 1. The van der Waals surface area contributed by atoms with Crippen molar-refractivity contribution in [3.63, 3.8) is 0 Å². The number of hydrogen-bond acceptors (Lipinski definition) is 4. The number of aryl methyl sites for hydroxylation is 1. The minimum absolute atomic E-state index is 0.0934. The first kappa shape index (κ1) is 18.7. The molecule has 0 spiro atoms. The molecule has 31 heavy (non-hydrogen) atoms. The molecule has 0 radical (unpaired) electrons. The summed E-state index contributed by atoms with van der Waals surface area (Å²) in [6, 6.07) is 17.1. The number of imidazole rings is 1. The zero-order valence-corrected chi connectivity index (χ0v) is 18.4. The number of benzene rings is 2. The number of hydrogen-bond donors (Lipinski definition) is 1. The Labute approximate surface area is 184 Å². The average Bonchev–Trinajstić information content (AvgIpc) is 3.48. The lowest BCUT2D eigenvalue weighted by Gasteiger charge is -2.36. The molecular weight excluding hydrogens is 404 g/mol. The van der Waals surface area contributed by atoms with E-state index in [2.05, 4.69) is 75.2 Å². The van der Waals surface area contributed by atoms with Gasteiger partial charge in [-0.3, -0.25) is 9.30 Å². The Hall–Kier alpha value is -3.09. The van der Waals surface area contributed by atoms with E-state index >= 15 is 0 Å². The molecule has 5 nitrogen and oxygen atoms in total. The Morgan fingerprint density at radius 2 is 2.00 bits per heavy atom. The maximum atomic E-state index is 5.80. The first-order valence-electron chi connectivity index (χ1n) is 10.6. The normalized spacial score (nSPS) is 16.8. The minimum Gasteiger partial charge on any atom is -0.496 e. The molecule has 6 rings (SSSR count). The second-order valence-corrected chi connectivity index (χ2v) is 9.00. The Morgan fingerprint density at radius 3 is 2.90 bits per heavy atom. The number of para-hydroxylation sites is 2. The third kappa shape index (κ3) is 2.90. The maximum Gasteiger partial charge on any atom is 0.194 e. The molecule has 1 aliphatic rings. The van der Waals surface area contributed by atoms with Crippen LogP contribution in [0.2, 0.25) is 0 Å². The predicted molar refractivity (Wildman–Crippen MR) is 125 cm³/mol. The third-order valence-electron chi connectivity index (χ3n) is 6.48. The zero-order chi connectivity index (χ0) is 20.9. The number of rotatable bonds is 4. The van der Waals surface area contributed by atoms with Crippen LogP contribution in [0, 0.1) is 6.92 Å². The molecule has 3 aromatic heterocycles. The van der Waals surface area contributed by atoms with Crippen LogP contribution >= 0.6 is 11.3 Å². The second-order valence-electron chi connectivity index (χ2n) is 8.13. The number of ether oxygens (including phenoxy) is 1. The quantitative estimate of drug-likeness (QED) is 0.420. The molecule has 1 N–H and O–H groups in total. The highest BCUT2D eigenvalue weighted by atomic mass is 32.1. The molecule has 0 bridgehead atoms. The van der Waals surface area contributed by atoms with Gasteiger partial charge in [-0.15, -0.1) is 11.3 Å². The summed E-state index contributed by atoms with van der Waals surface area (Å²) in [7, 11) is 1.76. The standard InChI is InChI=1S/C25H24N4OS/c1-16-21(29-13-14-31-25(29)26-16)15-28-12-11-18-17-7-3-5-9-20(17)27-23(18)24(28)19-8-4-6-10-22(19)30-2/h3-10,13-14,24,27H,11-12,15H2,1-2H3. The predicted octanol–water partition coefficient (Wildman–Crippen LogP) is 5.34. The molecular formula is C25H24N4OS. The maximum absolute atomic E-state index is 5.80. The van der Waals surface area contributed by atoms with E-state index in [9.17, 15) is 0 Å². The van der Waals surface area contributed by atoms with Gasteiger partial charge in [0.05, 0.1) is 24.5 Å². The number of fused-ring (bicyclic) bond motifs is 4. The molecule has 0 fully saturated rings. The van der Waals surface area contributed by atoms with Crippen molar-refractivity contribution in [1.29, 1.82) is 0 Å².